The Bertz CT molecular complexity index is 480. The maximum atomic E-state index is 11.5. The van der Waals surface area contributed by atoms with Crippen molar-refractivity contribution in [1.29, 1.82) is 0 Å². The van der Waals surface area contributed by atoms with Crippen LogP contribution in [0.4, 0.5) is 0 Å². The molecule has 0 aromatic heterocycles. The van der Waals surface area contributed by atoms with E-state index in [1.807, 2.05) is 0 Å². The number of ketones is 1. The Kier molecular flexibility index (Phi) is 4.04. The summed E-state index contributed by atoms with van der Waals surface area (Å²) >= 11 is 0. The van der Waals surface area contributed by atoms with Gasteiger partial charge in [-0.1, -0.05) is 0 Å². The van der Waals surface area contributed by atoms with Gasteiger partial charge < -0.3 is 14.6 Å². The van der Waals surface area contributed by atoms with E-state index >= 15 is 0 Å². The number of rotatable bonds is 3. The molecule has 0 radical (unpaired) electrons. The van der Waals surface area contributed by atoms with Crippen molar-refractivity contribution in [2.75, 3.05) is 0 Å². The van der Waals surface area contributed by atoms with Crippen LogP contribution in [-0.4, -0.2) is 22.8 Å². The molecule has 0 saturated carbocycles. The average Bonchev–Trinajstić information content (AvgIpc) is 2.12. The number of benzene rings is 1. The molecule has 0 heterocycles. The van der Waals surface area contributed by atoms with Crippen LogP contribution in [0.2, 0.25) is 0 Å². The molecule has 0 atom stereocenters. The molecule has 0 aliphatic carbocycles. The van der Waals surface area contributed by atoms with E-state index in [-0.39, 0.29) is 22.8 Å². The second-order valence-electron chi connectivity index (χ2n) is 3.56. The summed E-state index contributed by atoms with van der Waals surface area (Å²) in [5.74, 6) is -2.35. The number of carbonyl (C=O) groups is 3. The number of ether oxygens (including phenoxy) is 2. The fourth-order valence-electron chi connectivity index (χ4n) is 1.39. The van der Waals surface area contributed by atoms with Gasteiger partial charge in [-0.2, -0.15) is 0 Å². The zero-order valence-corrected chi connectivity index (χ0v) is 10.1. The zero-order chi connectivity index (χ0) is 13.9. The van der Waals surface area contributed by atoms with Crippen LogP contribution in [0, 0.1) is 0 Å². The summed E-state index contributed by atoms with van der Waals surface area (Å²) in [5.41, 5.74) is -0.0711. The lowest BCUT2D eigenvalue weighted by molar-refractivity contribution is -0.132. The summed E-state index contributed by atoms with van der Waals surface area (Å²) in [6, 6.07) is 2.20. The minimum Gasteiger partial charge on any atom is -0.508 e. The highest BCUT2D eigenvalue weighted by Gasteiger charge is 2.20. The molecule has 0 aliphatic rings. The lowest BCUT2D eigenvalue weighted by Gasteiger charge is -2.12. The van der Waals surface area contributed by atoms with Crippen molar-refractivity contribution in [1.82, 2.24) is 0 Å². The third-order valence-electron chi connectivity index (χ3n) is 1.91. The van der Waals surface area contributed by atoms with Gasteiger partial charge in [-0.05, 0) is 6.92 Å². The molecule has 0 saturated heterocycles. The number of Topliss-reactive ketones (excluding diaryl/α,β-unsaturated/α-hetero) is 1. The Morgan fingerprint density at radius 1 is 0.944 bits per heavy atom. The van der Waals surface area contributed by atoms with Crippen molar-refractivity contribution in [2.24, 2.45) is 0 Å². The van der Waals surface area contributed by atoms with Crippen LogP contribution in [0.25, 0.3) is 0 Å². The number of aromatic hydroxyl groups is 1. The highest BCUT2D eigenvalue weighted by molar-refractivity contribution is 6.01. The van der Waals surface area contributed by atoms with Gasteiger partial charge in [0.05, 0.1) is 0 Å². The molecule has 1 rings (SSSR count). The minimum absolute atomic E-state index is 0.0711. The van der Waals surface area contributed by atoms with Crippen molar-refractivity contribution in [3.63, 3.8) is 0 Å². The normalized spacial score (nSPS) is 9.72. The standard InChI is InChI=1S/C12H12O6/c1-6(13)12-10(17-7(2)14)4-9(16)5-11(12)18-8(3)15/h4-5,16H,1-3H3. The van der Waals surface area contributed by atoms with Crippen LogP contribution in [-0.2, 0) is 9.59 Å². The van der Waals surface area contributed by atoms with E-state index in [1.165, 1.54) is 6.92 Å². The molecule has 0 spiro atoms. The van der Waals surface area contributed by atoms with E-state index in [0.29, 0.717) is 0 Å². The van der Waals surface area contributed by atoms with Gasteiger partial charge in [0.2, 0.25) is 0 Å². The second-order valence-corrected chi connectivity index (χ2v) is 3.56. The van der Waals surface area contributed by atoms with E-state index in [9.17, 15) is 19.5 Å². The summed E-state index contributed by atoms with van der Waals surface area (Å²) in [4.78, 5) is 33.3. The Hall–Kier alpha value is -2.37. The Labute approximate surface area is 103 Å². The molecule has 0 unspecified atom stereocenters. The Morgan fingerprint density at radius 2 is 1.33 bits per heavy atom. The van der Waals surface area contributed by atoms with Gasteiger partial charge in [-0.3, -0.25) is 14.4 Å². The smallest absolute Gasteiger partial charge is 0.308 e. The number of carbonyl (C=O) groups excluding carboxylic acids is 3. The van der Waals surface area contributed by atoms with Crippen LogP contribution in [0.15, 0.2) is 12.1 Å². The van der Waals surface area contributed by atoms with E-state index in [1.54, 1.807) is 0 Å². The third-order valence-corrected chi connectivity index (χ3v) is 1.91. The fraction of sp³-hybridized carbons (Fsp3) is 0.250. The molecule has 96 valence electrons. The van der Waals surface area contributed by atoms with Crippen LogP contribution >= 0.6 is 0 Å². The van der Waals surface area contributed by atoms with Gasteiger partial charge in [-0.15, -0.1) is 0 Å². The molecule has 1 aromatic carbocycles. The van der Waals surface area contributed by atoms with Gasteiger partial charge in [0, 0.05) is 26.0 Å². The van der Waals surface area contributed by atoms with Crippen LogP contribution < -0.4 is 9.47 Å². The lowest BCUT2D eigenvalue weighted by atomic mass is 10.1. The summed E-state index contributed by atoms with van der Waals surface area (Å²) in [5, 5.41) is 9.43. The molecule has 0 bridgehead atoms. The number of hydrogen-bond donors (Lipinski definition) is 1. The van der Waals surface area contributed by atoms with Gasteiger partial charge in [0.25, 0.3) is 0 Å². The maximum Gasteiger partial charge on any atom is 0.308 e. The quantitative estimate of drug-likeness (QED) is 0.497. The van der Waals surface area contributed by atoms with E-state index < -0.39 is 17.7 Å². The van der Waals surface area contributed by atoms with Crippen molar-refractivity contribution in [3.05, 3.63) is 17.7 Å². The highest BCUT2D eigenvalue weighted by atomic mass is 16.5. The van der Waals surface area contributed by atoms with Crippen molar-refractivity contribution >= 4 is 17.7 Å². The number of phenolic OH excluding ortho intramolecular Hbond substituents is 1. The molecular weight excluding hydrogens is 240 g/mol. The molecule has 6 nitrogen and oxygen atoms in total. The molecule has 0 fully saturated rings. The molecule has 0 amide bonds. The van der Waals surface area contributed by atoms with Gasteiger partial charge >= 0.3 is 11.9 Å². The SMILES string of the molecule is CC(=O)Oc1cc(O)cc(OC(C)=O)c1C(C)=O. The second kappa shape index (κ2) is 5.31. The van der Waals surface area contributed by atoms with E-state index in [2.05, 4.69) is 0 Å². The molecule has 1 aromatic rings. The predicted molar refractivity (Wildman–Crippen MR) is 60.7 cm³/mol. The van der Waals surface area contributed by atoms with Crippen LogP contribution in [0.5, 0.6) is 17.2 Å². The topological polar surface area (TPSA) is 89.9 Å². The van der Waals surface area contributed by atoms with Gasteiger partial charge in [0.1, 0.15) is 22.8 Å². The minimum atomic E-state index is -0.656. The first-order valence-electron chi connectivity index (χ1n) is 5.06. The van der Waals surface area contributed by atoms with Gasteiger partial charge in [0.15, 0.2) is 5.78 Å². The first-order chi connectivity index (χ1) is 8.31. The number of esters is 2. The van der Waals surface area contributed by atoms with Crippen molar-refractivity contribution in [2.45, 2.75) is 20.8 Å². The number of phenols is 1. The van der Waals surface area contributed by atoms with Gasteiger partial charge in [-0.25, -0.2) is 0 Å². The summed E-state index contributed by atoms with van der Waals surface area (Å²) in [6.45, 7) is 3.53. The highest BCUT2D eigenvalue weighted by Crippen LogP contribution is 2.34. The first kappa shape index (κ1) is 13.7. The molecule has 18 heavy (non-hydrogen) atoms. The number of hydrogen-bond acceptors (Lipinski definition) is 6. The maximum absolute atomic E-state index is 11.5. The molecule has 6 heteroatoms. The molecule has 0 aliphatic heterocycles. The average molecular weight is 252 g/mol. The largest absolute Gasteiger partial charge is 0.508 e. The van der Waals surface area contributed by atoms with Crippen molar-refractivity contribution < 1.29 is 29.0 Å². The first-order valence-corrected chi connectivity index (χ1v) is 5.06. The molecular formula is C12H12O6. The fourth-order valence-corrected chi connectivity index (χ4v) is 1.39. The molecule has 1 N–H and O–H groups in total. The van der Waals surface area contributed by atoms with Crippen LogP contribution in [0.3, 0.4) is 0 Å². The summed E-state index contributed by atoms with van der Waals surface area (Å²) in [6.07, 6.45) is 0. The monoisotopic (exact) mass is 252 g/mol. The van der Waals surface area contributed by atoms with E-state index in [0.717, 1.165) is 26.0 Å². The zero-order valence-electron chi connectivity index (χ0n) is 10.1. The summed E-state index contributed by atoms with van der Waals surface area (Å²) < 4.78 is 9.60. The van der Waals surface area contributed by atoms with E-state index in [4.69, 9.17) is 9.47 Å². The predicted octanol–water partition coefficient (Wildman–Crippen LogP) is 1.45. The van der Waals surface area contributed by atoms with Crippen LogP contribution in [0.1, 0.15) is 31.1 Å². The third kappa shape index (κ3) is 3.31. The Balaban J connectivity index is 3.40. The lowest BCUT2D eigenvalue weighted by Crippen LogP contribution is -2.10. The summed E-state index contributed by atoms with van der Waals surface area (Å²) in [7, 11) is 0. The Morgan fingerprint density at radius 3 is 1.61 bits per heavy atom. The van der Waals surface area contributed by atoms with Crippen molar-refractivity contribution in [3.8, 4) is 17.2 Å².